The summed E-state index contributed by atoms with van der Waals surface area (Å²) < 4.78 is 11.4. The normalized spacial score (nSPS) is 26.0. The second-order valence-corrected chi connectivity index (χ2v) is 8.27. The van der Waals surface area contributed by atoms with Crippen LogP contribution >= 0.6 is 11.6 Å². The molecule has 2 aliphatic rings. The Morgan fingerprint density at radius 2 is 2.06 bits per heavy atom. The first-order valence-corrected chi connectivity index (χ1v) is 10.7. The van der Waals surface area contributed by atoms with Gasteiger partial charge in [0, 0.05) is 22.2 Å². The number of carbonyl (C=O) groups is 1. The van der Waals surface area contributed by atoms with Crippen LogP contribution in [0.3, 0.4) is 0 Å². The average molecular weight is 458 g/mol. The third kappa shape index (κ3) is 3.30. The molecular weight excluding hydrogens is 434 g/mol. The number of fused-ring (bicyclic) bond motifs is 2. The number of halogens is 1. The van der Waals surface area contributed by atoms with Crippen molar-refractivity contribution < 1.29 is 19.2 Å². The maximum absolute atomic E-state index is 13.1. The first kappa shape index (κ1) is 22.1. The van der Waals surface area contributed by atoms with E-state index in [1.807, 2.05) is 13.8 Å². The van der Waals surface area contributed by atoms with Crippen LogP contribution in [0.4, 0.5) is 5.69 Å². The van der Waals surface area contributed by atoms with Crippen LogP contribution in [0.15, 0.2) is 49.1 Å². The third-order valence-corrected chi connectivity index (χ3v) is 6.31. The molecule has 0 radical (unpaired) electrons. The smallest absolute Gasteiger partial charge is 0.256 e. The van der Waals surface area contributed by atoms with E-state index in [9.17, 15) is 14.9 Å². The van der Waals surface area contributed by atoms with E-state index < -0.39 is 29.4 Å². The summed E-state index contributed by atoms with van der Waals surface area (Å²) in [7, 11) is 0. The Morgan fingerprint density at radius 3 is 2.75 bits per heavy atom. The number of benzene rings is 2. The van der Waals surface area contributed by atoms with E-state index in [1.54, 1.807) is 42.5 Å². The molecule has 2 N–H and O–H groups in total. The molecule has 2 aromatic carbocycles. The van der Waals surface area contributed by atoms with Crippen LogP contribution in [0, 0.1) is 10.1 Å². The quantitative estimate of drug-likeness (QED) is 0.371. The number of nitrogens with one attached hydrogen (secondary N) is 2. The molecule has 1 saturated heterocycles. The van der Waals surface area contributed by atoms with Gasteiger partial charge < -0.3 is 14.8 Å². The van der Waals surface area contributed by atoms with Crippen LogP contribution in [0.1, 0.15) is 30.9 Å². The summed E-state index contributed by atoms with van der Waals surface area (Å²) in [6, 6.07) is 8.76. The molecule has 0 saturated carbocycles. The molecule has 9 heteroatoms. The van der Waals surface area contributed by atoms with E-state index in [2.05, 4.69) is 17.2 Å². The lowest BCUT2D eigenvalue weighted by Crippen LogP contribution is -2.54. The molecule has 0 aliphatic carbocycles. The van der Waals surface area contributed by atoms with Gasteiger partial charge in [0.2, 0.25) is 0 Å². The van der Waals surface area contributed by atoms with Crippen LogP contribution < -0.4 is 20.1 Å². The Hall–Kier alpha value is -3.10. The zero-order chi connectivity index (χ0) is 23.0. The molecule has 4 rings (SSSR count). The van der Waals surface area contributed by atoms with Crippen LogP contribution in [0.5, 0.6) is 11.5 Å². The van der Waals surface area contributed by atoms with Gasteiger partial charge in [0.15, 0.2) is 17.0 Å². The zero-order valence-electron chi connectivity index (χ0n) is 17.8. The van der Waals surface area contributed by atoms with E-state index in [0.29, 0.717) is 34.9 Å². The summed E-state index contributed by atoms with van der Waals surface area (Å²) in [5.41, 5.74) is 0.259. The maximum atomic E-state index is 13.1. The monoisotopic (exact) mass is 457 g/mol. The number of carbonyl (C=O) groups excluding carboxylic acids is 1. The average Bonchev–Trinajstić information content (AvgIpc) is 3.22. The fourth-order valence-electron chi connectivity index (χ4n) is 4.88. The van der Waals surface area contributed by atoms with Gasteiger partial charge in [0.1, 0.15) is 6.61 Å². The van der Waals surface area contributed by atoms with Crippen molar-refractivity contribution in [2.75, 3.05) is 18.5 Å². The zero-order valence-corrected chi connectivity index (χ0v) is 18.5. The van der Waals surface area contributed by atoms with Crippen LogP contribution in [0.25, 0.3) is 0 Å². The van der Waals surface area contributed by atoms with Gasteiger partial charge in [-0.15, -0.1) is 0 Å². The first-order valence-electron chi connectivity index (χ1n) is 10.4. The Balaban J connectivity index is 1.85. The second kappa shape index (κ2) is 8.44. The number of ether oxygens (including phenoxy) is 2. The lowest BCUT2D eigenvalue weighted by atomic mass is 9.78. The SMILES string of the molecule is C=CCOc1c(Cl)cc([C@@H]2[C@H](C)N[C@@]3(C(=O)Nc4ccccc43)[C@H]2[N+](=O)[O-])cc1OCC. The lowest BCUT2D eigenvalue weighted by Gasteiger charge is -2.25. The van der Waals surface area contributed by atoms with E-state index in [0.717, 1.165) is 0 Å². The summed E-state index contributed by atoms with van der Waals surface area (Å²) in [6.45, 7) is 7.89. The van der Waals surface area contributed by atoms with E-state index in [-0.39, 0.29) is 16.6 Å². The van der Waals surface area contributed by atoms with Gasteiger partial charge in [-0.2, -0.15) is 0 Å². The molecule has 2 heterocycles. The molecule has 2 aromatic rings. The molecule has 0 bridgehead atoms. The predicted octanol–water partition coefficient (Wildman–Crippen LogP) is 3.87. The van der Waals surface area contributed by atoms with Gasteiger partial charge in [0.25, 0.3) is 11.9 Å². The van der Waals surface area contributed by atoms with Crippen molar-refractivity contribution in [3.05, 3.63) is 75.3 Å². The topological polar surface area (TPSA) is 103 Å². The van der Waals surface area contributed by atoms with E-state index in [4.69, 9.17) is 21.1 Å². The van der Waals surface area contributed by atoms with Crippen molar-refractivity contribution in [2.45, 2.75) is 37.4 Å². The first-order chi connectivity index (χ1) is 15.3. The van der Waals surface area contributed by atoms with Crippen molar-refractivity contribution in [1.29, 1.82) is 0 Å². The Kier molecular flexibility index (Phi) is 5.83. The molecule has 168 valence electrons. The van der Waals surface area contributed by atoms with Crippen molar-refractivity contribution in [1.82, 2.24) is 5.32 Å². The highest BCUT2D eigenvalue weighted by Gasteiger charge is 2.67. The lowest BCUT2D eigenvalue weighted by molar-refractivity contribution is -0.532. The maximum Gasteiger partial charge on any atom is 0.256 e. The number of anilines is 1. The largest absolute Gasteiger partial charge is 0.490 e. The van der Waals surface area contributed by atoms with Crippen LogP contribution in [0.2, 0.25) is 5.02 Å². The number of rotatable bonds is 7. The summed E-state index contributed by atoms with van der Waals surface area (Å²) in [5, 5.41) is 18.8. The molecule has 1 fully saturated rings. The minimum absolute atomic E-state index is 0.234. The fourth-order valence-corrected chi connectivity index (χ4v) is 5.15. The van der Waals surface area contributed by atoms with Crippen molar-refractivity contribution >= 4 is 23.2 Å². The summed E-state index contributed by atoms with van der Waals surface area (Å²) >= 11 is 6.51. The molecule has 0 aromatic heterocycles. The molecule has 8 nitrogen and oxygen atoms in total. The van der Waals surface area contributed by atoms with E-state index >= 15 is 0 Å². The number of hydrogen-bond donors (Lipinski definition) is 2. The molecule has 1 amide bonds. The minimum Gasteiger partial charge on any atom is -0.490 e. The highest BCUT2D eigenvalue weighted by atomic mass is 35.5. The van der Waals surface area contributed by atoms with Crippen molar-refractivity contribution in [3.63, 3.8) is 0 Å². The minimum atomic E-state index is -1.49. The van der Waals surface area contributed by atoms with E-state index in [1.165, 1.54) is 0 Å². The Labute approximate surface area is 190 Å². The van der Waals surface area contributed by atoms with Gasteiger partial charge in [-0.3, -0.25) is 20.2 Å². The predicted molar refractivity (Wildman–Crippen MR) is 121 cm³/mol. The summed E-state index contributed by atoms with van der Waals surface area (Å²) in [5.74, 6) is -0.334. The van der Waals surface area contributed by atoms with Gasteiger partial charge >= 0.3 is 0 Å². The fraction of sp³-hybridized carbons (Fsp3) is 0.348. The highest BCUT2D eigenvalue weighted by Crippen LogP contribution is 2.51. The number of nitro groups is 1. The van der Waals surface area contributed by atoms with Crippen LogP contribution in [-0.4, -0.2) is 36.1 Å². The molecule has 4 atom stereocenters. The van der Waals surface area contributed by atoms with Gasteiger partial charge in [-0.1, -0.05) is 42.5 Å². The van der Waals surface area contributed by atoms with Gasteiger partial charge in [0.05, 0.1) is 17.5 Å². The molecule has 32 heavy (non-hydrogen) atoms. The van der Waals surface area contributed by atoms with Crippen LogP contribution in [-0.2, 0) is 10.3 Å². The summed E-state index contributed by atoms with van der Waals surface area (Å²) in [6.07, 6.45) is 1.59. The van der Waals surface area contributed by atoms with Gasteiger partial charge in [-0.25, -0.2) is 0 Å². The highest BCUT2D eigenvalue weighted by molar-refractivity contribution is 6.32. The van der Waals surface area contributed by atoms with Crippen molar-refractivity contribution in [3.8, 4) is 11.5 Å². The number of para-hydroxylation sites is 1. The second-order valence-electron chi connectivity index (χ2n) is 7.86. The molecular formula is C23H24ClN3O5. The number of nitrogens with zero attached hydrogens (tertiary/aromatic N) is 1. The number of amides is 1. The molecule has 1 spiro atoms. The molecule has 2 aliphatic heterocycles. The number of hydrogen-bond acceptors (Lipinski definition) is 6. The summed E-state index contributed by atoms with van der Waals surface area (Å²) in [4.78, 5) is 25.2. The van der Waals surface area contributed by atoms with Crippen molar-refractivity contribution in [2.24, 2.45) is 0 Å². The van der Waals surface area contributed by atoms with Gasteiger partial charge in [-0.05, 0) is 37.6 Å². The standard InChI is InChI=1S/C23H24ClN3O5/c1-4-10-32-20-16(24)11-14(12-18(20)31-5-2)19-13(3)26-23(21(19)27(29)30)15-8-6-7-9-17(15)25-22(23)28/h4,6-9,11-13,19,21,26H,1,5,10H2,2-3H3,(H,25,28)/t13-,19-,21-,23+/m0/s1. The Bertz CT molecular complexity index is 1090. The third-order valence-electron chi connectivity index (χ3n) is 6.03. The molecule has 0 unspecified atom stereocenters. The Morgan fingerprint density at radius 1 is 1.31 bits per heavy atom.